The molecular formula is C18H13ClF3N5OS. The second kappa shape index (κ2) is 7.20. The highest BCUT2D eigenvalue weighted by atomic mass is 35.5. The highest BCUT2D eigenvalue weighted by Crippen LogP contribution is 2.39. The van der Waals surface area contributed by atoms with Crippen molar-refractivity contribution < 1.29 is 17.9 Å². The molecule has 6 nitrogen and oxygen atoms in total. The van der Waals surface area contributed by atoms with Crippen LogP contribution in [0.2, 0.25) is 5.02 Å². The predicted molar refractivity (Wildman–Crippen MR) is 105 cm³/mol. The average molecular weight is 440 g/mol. The van der Waals surface area contributed by atoms with Crippen molar-refractivity contribution >= 4 is 39.4 Å². The van der Waals surface area contributed by atoms with E-state index in [1.54, 1.807) is 37.5 Å². The van der Waals surface area contributed by atoms with Gasteiger partial charge in [-0.1, -0.05) is 11.6 Å². The van der Waals surface area contributed by atoms with Gasteiger partial charge in [-0.25, -0.2) is 15.0 Å². The van der Waals surface area contributed by atoms with E-state index in [0.717, 1.165) is 0 Å². The van der Waals surface area contributed by atoms with Gasteiger partial charge in [0.15, 0.2) is 16.5 Å². The number of fused-ring (bicyclic) bond motifs is 1. The molecular weight excluding hydrogens is 427 g/mol. The molecule has 0 spiro atoms. The number of alkyl halides is 3. The Balaban J connectivity index is 1.78. The summed E-state index contributed by atoms with van der Waals surface area (Å²) < 4.78 is 47.3. The summed E-state index contributed by atoms with van der Waals surface area (Å²) >= 11 is 7.29. The minimum atomic E-state index is -4.66. The van der Waals surface area contributed by atoms with E-state index in [4.69, 9.17) is 16.3 Å². The molecule has 4 aromatic heterocycles. The fraction of sp³-hybridized carbons (Fsp3) is 0.167. The van der Waals surface area contributed by atoms with Gasteiger partial charge >= 0.3 is 6.18 Å². The molecule has 0 unspecified atom stereocenters. The Morgan fingerprint density at radius 2 is 2.03 bits per heavy atom. The van der Waals surface area contributed by atoms with Gasteiger partial charge < -0.3 is 10.1 Å². The average Bonchev–Trinajstić information content (AvgIpc) is 3.26. The highest BCUT2D eigenvalue weighted by Gasteiger charge is 2.39. The van der Waals surface area contributed by atoms with E-state index in [9.17, 15) is 13.2 Å². The van der Waals surface area contributed by atoms with Crippen LogP contribution in [0.5, 0.6) is 5.88 Å². The molecule has 0 bridgehead atoms. The zero-order chi connectivity index (χ0) is 20.8. The van der Waals surface area contributed by atoms with Crippen molar-refractivity contribution in [2.75, 3.05) is 12.4 Å². The lowest BCUT2D eigenvalue weighted by molar-refractivity contribution is -0.140. The van der Waals surface area contributed by atoms with Crippen molar-refractivity contribution in [1.82, 2.24) is 19.4 Å². The van der Waals surface area contributed by atoms with Crippen LogP contribution >= 0.6 is 22.9 Å². The molecule has 0 aliphatic carbocycles. The summed E-state index contributed by atoms with van der Waals surface area (Å²) in [5.41, 5.74) is 0.303. The Kier molecular flexibility index (Phi) is 4.83. The molecule has 0 fully saturated rings. The van der Waals surface area contributed by atoms with E-state index < -0.39 is 11.9 Å². The molecule has 0 saturated heterocycles. The second-order valence-electron chi connectivity index (χ2n) is 6.12. The van der Waals surface area contributed by atoms with Crippen molar-refractivity contribution in [3.8, 4) is 17.3 Å². The minimum absolute atomic E-state index is 0.0291. The van der Waals surface area contributed by atoms with E-state index in [1.807, 2.05) is 0 Å². The Morgan fingerprint density at radius 3 is 2.69 bits per heavy atom. The molecule has 4 rings (SSSR count). The summed E-state index contributed by atoms with van der Waals surface area (Å²) in [4.78, 5) is 12.1. The standard InChI is InChI=1S/C18H13ClF3N5OS/c1-9-5-11(19)16-26-15(18(20,21)22)14(27(16)7-9)12-8-29-17(25-12)24-10-3-4-13(28-2)23-6-10/h3-8H,1-2H3,(H,24,25). The second-order valence-corrected chi connectivity index (χ2v) is 7.38. The van der Waals surface area contributed by atoms with Crippen LogP contribution in [-0.4, -0.2) is 26.5 Å². The van der Waals surface area contributed by atoms with E-state index in [-0.39, 0.29) is 22.1 Å². The van der Waals surface area contributed by atoms with Crippen LogP contribution in [0.4, 0.5) is 24.0 Å². The first-order valence-electron chi connectivity index (χ1n) is 8.24. The van der Waals surface area contributed by atoms with E-state index in [2.05, 4.69) is 20.3 Å². The maximum Gasteiger partial charge on any atom is 0.435 e. The summed E-state index contributed by atoms with van der Waals surface area (Å²) in [5, 5.41) is 5.10. The minimum Gasteiger partial charge on any atom is -0.481 e. The number of hydrogen-bond donors (Lipinski definition) is 1. The number of pyridine rings is 2. The first-order chi connectivity index (χ1) is 13.8. The normalized spacial score (nSPS) is 11.8. The molecule has 0 aliphatic heterocycles. The van der Waals surface area contributed by atoms with E-state index >= 15 is 0 Å². The molecule has 1 N–H and O–H groups in total. The lowest BCUT2D eigenvalue weighted by atomic mass is 10.2. The summed E-state index contributed by atoms with van der Waals surface area (Å²) in [7, 11) is 1.50. The molecule has 0 saturated carbocycles. The summed E-state index contributed by atoms with van der Waals surface area (Å²) in [5.74, 6) is 0.447. The Bertz CT molecular complexity index is 1190. The number of anilines is 2. The van der Waals surface area contributed by atoms with Crippen LogP contribution in [0.1, 0.15) is 11.3 Å². The quantitative estimate of drug-likeness (QED) is 0.449. The molecule has 0 atom stereocenters. The maximum atomic E-state index is 13.7. The zero-order valence-corrected chi connectivity index (χ0v) is 16.7. The smallest absolute Gasteiger partial charge is 0.435 e. The van der Waals surface area contributed by atoms with Gasteiger partial charge in [0.1, 0.15) is 11.4 Å². The molecule has 29 heavy (non-hydrogen) atoms. The zero-order valence-electron chi connectivity index (χ0n) is 15.1. The molecule has 4 heterocycles. The van der Waals surface area contributed by atoms with Crippen LogP contribution in [0, 0.1) is 6.92 Å². The van der Waals surface area contributed by atoms with Gasteiger partial charge in [-0.3, -0.25) is 4.40 Å². The van der Waals surface area contributed by atoms with Crippen molar-refractivity contribution in [3.05, 3.63) is 52.3 Å². The number of aromatic nitrogens is 4. The number of aryl methyl sites for hydroxylation is 1. The van der Waals surface area contributed by atoms with Crippen molar-refractivity contribution in [2.45, 2.75) is 13.1 Å². The molecule has 0 radical (unpaired) electrons. The van der Waals surface area contributed by atoms with Gasteiger partial charge in [0.05, 0.1) is 24.0 Å². The number of rotatable bonds is 4. The number of nitrogens with zero attached hydrogens (tertiary/aromatic N) is 4. The van der Waals surface area contributed by atoms with Gasteiger partial charge in [-0.15, -0.1) is 11.3 Å². The lowest BCUT2D eigenvalue weighted by Crippen LogP contribution is -2.08. The third kappa shape index (κ3) is 3.73. The fourth-order valence-corrected chi connectivity index (χ4v) is 3.83. The Labute approximate surface area is 172 Å². The van der Waals surface area contributed by atoms with Gasteiger partial charge in [0.25, 0.3) is 0 Å². The monoisotopic (exact) mass is 439 g/mol. The third-order valence-corrected chi connectivity index (χ3v) is 5.06. The first kappa shape index (κ1) is 19.5. The van der Waals surface area contributed by atoms with Crippen LogP contribution in [-0.2, 0) is 6.18 Å². The maximum absolute atomic E-state index is 13.7. The molecule has 11 heteroatoms. The summed E-state index contributed by atoms with van der Waals surface area (Å²) in [6, 6.07) is 4.96. The van der Waals surface area contributed by atoms with Gasteiger partial charge in [0, 0.05) is 17.6 Å². The van der Waals surface area contributed by atoms with E-state index in [0.29, 0.717) is 22.3 Å². The number of ether oxygens (including phenoxy) is 1. The number of imidazole rings is 1. The number of nitrogens with one attached hydrogen (secondary N) is 1. The SMILES string of the molecule is COc1ccc(Nc2nc(-c3c(C(F)(F)F)nc4c(Cl)cc(C)cn34)cs2)cn1. The van der Waals surface area contributed by atoms with Crippen LogP contribution < -0.4 is 10.1 Å². The molecule has 0 aromatic carbocycles. The van der Waals surface area contributed by atoms with Gasteiger partial charge in [-0.05, 0) is 24.6 Å². The van der Waals surface area contributed by atoms with Crippen LogP contribution in [0.15, 0.2) is 36.0 Å². The van der Waals surface area contributed by atoms with Gasteiger partial charge in [0.2, 0.25) is 5.88 Å². The van der Waals surface area contributed by atoms with Crippen LogP contribution in [0.3, 0.4) is 0 Å². The molecule has 0 aliphatic rings. The number of hydrogen-bond acceptors (Lipinski definition) is 6. The Morgan fingerprint density at radius 1 is 1.24 bits per heavy atom. The number of thiazole rings is 1. The first-order valence-corrected chi connectivity index (χ1v) is 9.50. The predicted octanol–water partition coefficient (Wildman–Crippen LogP) is 5.59. The van der Waals surface area contributed by atoms with Crippen molar-refractivity contribution in [1.29, 1.82) is 0 Å². The topological polar surface area (TPSA) is 64.3 Å². The Hall–Kier alpha value is -2.85. The van der Waals surface area contributed by atoms with Crippen LogP contribution in [0.25, 0.3) is 17.0 Å². The largest absolute Gasteiger partial charge is 0.481 e. The fourth-order valence-electron chi connectivity index (χ4n) is 2.81. The van der Waals surface area contributed by atoms with Crippen molar-refractivity contribution in [2.24, 2.45) is 0 Å². The highest BCUT2D eigenvalue weighted by molar-refractivity contribution is 7.14. The number of methoxy groups -OCH3 is 1. The third-order valence-electron chi connectivity index (χ3n) is 4.02. The lowest BCUT2D eigenvalue weighted by Gasteiger charge is -2.06. The van der Waals surface area contributed by atoms with Crippen molar-refractivity contribution in [3.63, 3.8) is 0 Å². The molecule has 4 aromatic rings. The van der Waals surface area contributed by atoms with Gasteiger partial charge in [-0.2, -0.15) is 13.2 Å². The molecule has 150 valence electrons. The molecule has 0 amide bonds. The summed E-state index contributed by atoms with van der Waals surface area (Å²) in [6.45, 7) is 1.74. The number of halogens is 4. The van der Waals surface area contributed by atoms with E-state index in [1.165, 1.54) is 28.2 Å². The summed E-state index contributed by atoms with van der Waals surface area (Å²) in [6.07, 6.45) is -1.56.